The summed E-state index contributed by atoms with van der Waals surface area (Å²) in [5, 5.41) is 9.89. The van der Waals surface area contributed by atoms with E-state index in [4.69, 9.17) is 15.0 Å². The van der Waals surface area contributed by atoms with Crippen molar-refractivity contribution in [1.82, 2.24) is 19.5 Å². The molecule has 13 rings (SSSR count). The second-order valence-electron chi connectivity index (χ2n) is 16.3. The minimum atomic E-state index is 0.654. The first-order chi connectivity index (χ1) is 31.7. The predicted molar refractivity (Wildman–Crippen MR) is 269 cm³/mol. The van der Waals surface area contributed by atoms with E-state index in [1.165, 1.54) is 81.1 Å². The van der Waals surface area contributed by atoms with Crippen molar-refractivity contribution >= 4 is 74.9 Å². The maximum atomic E-state index is 5.14. The highest BCUT2D eigenvalue weighted by molar-refractivity contribution is 7.26. The normalized spacial score (nSPS) is 11.8. The molecule has 0 amide bonds. The lowest BCUT2D eigenvalue weighted by Gasteiger charge is -2.13. The van der Waals surface area contributed by atoms with Gasteiger partial charge in [-0.25, -0.2) is 15.0 Å². The zero-order valence-electron chi connectivity index (χ0n) is 34.5. The van der Waals surface area contributed by atoms with Gasteiger partial charge in [0.05, 0.1) is 11.0 Å². The highest BCUT2D eigenvalue weighted by Crippen LogP contribution is 2.47. The number of rotatable bonds is 6. The second-order valence-corrected chi connectivity index (χ2v) is 17.4. The first kappa shape index (κ1) is 36.4. The molecule has 0 bridgehead atoms. The SMILES string of the molecule is c1ccc(-c2nc(-c3ccccc3)nc(-c3cccc4c3sc3cc(-n5c6cc(-c7ccccc7)c7ccccc7c6c6c7ccccc7c(-c7ccccc7)cc65)ccc34)n2)cc1. The Labute approximate surface area is 373 Å². The van der Waals surface area contributed by atoms with E-state index in [1.807, 2.05) is 36.4 Å². The molecule has 0 spiro atoms. The van der Waals surface area contributed by atoms with Crippen LogP contribution in [0.3, 0.4) is 0 Å². The fourth-order valence-electron chi connectivity index (χ4n) is 9.75. The van der Waals surface area contributed by atoms with Crippen LogP contribution in [-0.2, 0) is 0 Å². The van der Waals surface area contributed by atoms with Crippen LogP contribution in [0.15, 0.2) is 218 Å². The zero-order valence-corrected chi connectivity index (χ0v) is 35.3. The van der Waals surface area contributed by atoms with Gasteiger partial charge in [-0.3, -0.25) is 0 Å². The smallest absolute Gasteiger partial charge is 0.165 e. The monoisotopic (exact) mass is 832 g/mol. The van der Waals surface area contributed by atoms with Crippen molar-refractivity contribution in [3.8, 4) is 62.1 Å². The molecule has 0 atom stereocenters. The highest BCUT2D eigenvalue weighted by atomic mass is 32.1. The average Bonchev–Trinajstić information content (AvgIpc) is 3.92. The van der Waals surface area contributed by atoms with Gasteiger partial charge >= 0.3 is 0 Å². The van der Waals surface area contributed by atoms with Crippen molar-refractivity contribution in [2.75, 3.05) is 0 Å². The van der Waals surface area contributed by atoms with E-state index in [-0.39, 0.29) is 0 Å². The Morgan fingerprint density at radius 2 is 0.750 bits per heavy atom. The van der Waals surface area contributed by atoms with Crippen molar-refractivity contribution in [3.63, 3.8) is 0 Å². The van der Waals surface area contributed by atoms with Crippen molar-refractivity contribution in [1.29, 1.82) is 0 Å². The van der Waals surface area contributed by atoms with Gasteiger partial charge in [-0.05, 0) is 74.1 Å². The predicted octanol–water partition coefficient (Wildman–Crippen LogP) is 16.0. The van der Waals surface area contributed by atoms with Gasteiger partial charge in [-0.2, -0.15) is 0 Å². The second kappa shape index (κ2) is 14.7. The van der Waals surface area contributed by atoms with Crippen LogP contribution >= 0.6 is 11.3 Å². The molecule has 0 N–H and O–H groups in total. The number of nitrogens with zero attached hydrogens (tertiary/aromatic N) is 4. The van der Waals surface area contributed by atoms with E-state index in [0.29, 0.717) is 17.5 Å². The van der Waals surface area contributed by atoms with Crippen molar-refractivity contribution in [3.05, 3.63) is 218 Å². The maximum absolute atomic E-state index is 5.14. The molecule has 64 heavy (non-hydrogen) atoms. The van der Waals surface area contributed by atoms with Crippen LogP contribution in [0.2, 0.25) is 0 Å². The maximum Gasteiger partial charge on any atom is 0.165 e. The molecule has 0 aliphatic carbocycles. The summed E-state index contributed by atoms with van der Waals surface area (Å²) < 4.78 is 4.86. The number of fused-ring (bicyclic) bond motifs is 10. The Morgan fingerprint density at radius 3 is 1.27 bits per heavy atom. The molecule has 4 nitrogen and oxygen atoms in total. The lowest BCUT2D eigenvalue weighted by atomic mass is 9.92. The molecule has 0 aliphatic rings. The Balaban J connectivity index is 1.09. The molecule has 0 radical (unpaired) electrons. The summed E-state index contributed by atoms with van der Waals surface area (Å²) in [6, 6.07) is 78.2. The van der Waals surface area contributed by atoms with E-state index in [2.05, 4.69) is 187 Å². The molecule has 13 aromatic rings. The summed E-state index contributed by atoms with van der Waals surface area (Å²) in [6.45, 7) is 0. The minimum Gasteiger partial charge on any atom is -0.309 e. The quantitative estimate of drug-likeness (QED) is 0.168. The largest absolute Gasteiger partial charge is 0.309 e. The fourth-order valence-corrected chi connectivity index (χ4v) is 11.0. The average molecular weight is 833 g/mol. The molecule has 0 unspecified atom stereocenters. The highest BCUT2D eigenvalue weighted by Gasteiger charge is 2.23. The number of benzene rings is 10. The molecule has 5 heteroatoms. The lowest BCUT2D eigenvalue weighted by Crippen LogP contribution is -2.00. The summed E-state index contributed by atoms with van der Waals surface area (Å²) in [4.78, 5) is 15.3. The van der Waals surface area contributed by atoms with Gasteiger partial charge in [0.1, 0.15) is 0 Å². The van der Waals surface area contributed by atoms with Crippen molar-refractivity contribution in [2.24, 2.45) is 0 Å². The lowest BCUT2D eigenvalue weighted by molar-refractivity contribution is 1.08. The molecular formula is C59H36N4S. The van der Waals surface area contributed by atoms with Crippen LogP contribution in [0.25, 0.3) is 126 Å². The Morgan fingerprint density at radius 1 is 0.312 bits per heavy atom. The van der Waals surface area contributed by atoms with Crippen LogP contribution in [-0.4, -0.2) is 19.5 Å². The first-order valence-electron chi connectivity index (χ1n) is 21.6. The molecule has 3 heterocycles. The molecular weight excluding hydrogens is 797 g/mol. The zero-order chi connectivity index (χ0) is 42.1. The molecule has 10 aromatic carbocycles. The van der Waals surface area contributed by atoms with Gasteiger partial charge in [0, 0.05) is 53.3 Å². The fraction of sp³-hybridized carbons (Fsp3) is 0. The van der Waals surface area contributed by atoms with E-state index < -0.39 is 0 Å². The van der Waals surface area contributed by atoms with Crippen LogP contribution in [0.1, 0.15) is 0 Å². The van der Waals surface area contributed by atoms with E-state index in [0.717, 1.165) is 27.1 Å². The van der Waals surface area contributed by atoms with Crippen molar-refractivity contribution < 1.29 is 0 Å². The first-order valence-corrected chi connectivity index (χ1v) is 22.4. The van der Waals surface area contributed by atoms with Gasteiger partial charge in [0.15, 0.2) is 17.5 Å². The van der Waals surface area contributed by atoms with E-state index in [1.54, 1.807) is 11.3 Å². The topological polar surface area (TPSA) is 43.6 Å². The van der Waals surface area contributed by atoms with Crippen LogP contribution in [0.5, 0.6) is 0 Å². The molecule has 0 fully saturated rings. The third-order valence-electron chi connectivity index (χ3n) is 12.6. The number of aromatic nitrogens is 4. The number of thiophene rings is 1. The summed E-state index contributed by atoms with van der Waals surface area (Å²) in [6.07, 6.45) is 0. The standard InChI is InChI=1S/C59H36N4S/c1-5-18-37(19-6-1)49-35-51-54(45-28-15-13-26-42(45)49)55-46-29-16-14-27-43(46)50(38-20-7-2-8-21-38)36-52(55)63(51)41-32-33-44-47-30-17-31-48(56(47)64-53(44)34-41)59-61-57(39-22-9-3-10-23-39)60-58(62-59)40-24-11-4-12-25-40/h1-36H. The minimum absolute atomic E-state index is 0.654. The summed E-state index contributed by atoms with van der Waals surface area (Å²) in [5.74, 6) is 1.97. The van der Waals surface area contributed by atoms with Crippen LogP contribution in [0, 0.1) is 0 Å². The molecule has 0 saturated heterocycles. The summed E-state index contributed by atoms with van der Waals surface area (Å²) in [5.41, 5.74) is 11.2. The number of hydrogen-bond donors (Lipinski definition) is 0. The van der Waals surface area contributed by atoms with Gasteiger partial charge in [0.2, 0.25) is 0 Å². The molecule has 0 aliphatic heterocycles. The Kier molecular flexibility index (Phi) is 8.36. The molecule has 3 aromatic heterocycles. The third-order valence-corrected chi connectivity index (χ3v) is 13.8. The van der Waals surface area contributed by atoms with E-state index >= 15 is 0 Å². The third kappa shape index (κ3) is 5.79. The van der Waals surface area contributed by atoms with Gasteiger partial charge in [-0.15, -0.1) is 11.3 Å². The van der Waals surface area contributed by atoms with Gasteiger partial charge in [0.25, 0.3) is 0 Å². The number of hydrogen-bond acceptors (Lipinski definition) is 4. The molecule has 298 valence electrons. The van der Waals surface area contributed by atoms with Crippen LogP contribution < -0.4 is 0 Å². The summed E-state index contributed by atoms with van der Waals surface area (Å²) in [7, 11) is 0. The molecule has 0 saturated carbocycles. The van der Waals surface area contributed by atoms with Gasteiger partial charge in [-0.1, -0.05) is 188 Å². The van der Waals surface area contributed by atoms with E-state index in [9.17, 15) is 0 Å². The Bertz CT molecular complexity index is 3740. The van der Waals surface area contributed by atoms with Crippen molar-refractivity contribution in [2.45, 2.75) is 0 Å². The van der Waals surface area contributed by atoms with Gasteiger partial charge < -0.3 is 4.57 Å². The Hall–Kier alpha value is -8.25. The van der Waals surface area contributed by atoms with Crippen LogP contribution in [0.4, 0.5) is 0 Å². The summed E-state index contributed by atoms with van der Waals surface area (Å²) >= 11 is 1.80.